The van der Waals surface area contributed by atoms with E-state index in [-0.39, 0.29) is 5.69 Å². The number of urea groups is 1. The number of hydrogen-bond donors (Lipinski definition) is 4. The van der Waals surface area contributed by atoms with Crippen molar-refractivity contribution in [3.05, 3.63) is 29.6 Å². The Kier molecular flexibility index (Phi) is 5.45. The van der Waals surface area contributed by atoms with Gasteiger partial charge in [-0.25, -0.2) is 9.18 Å². The summed E-state index contributed by atoms with van der Waals surface area (Å²) < 4.78 is 13.4. The van der Waals surface area contributed by atoms with Crippen molar-refractivity contribution in [2.45, 2.75) is 6.92 Å². The molecule has 0 spiro atoms. The molecule has 3 amide bonds. The maximum Gasteiger partial charge on any atom is 0.322 e. The van der Waals surface area contributed by atoms with Crippen LogP contribution in [0.2, 0.25) is 0 Å². The smallest absolute Gasteiger partial charge is 0.322 e. The van der Waals surface area contributed by atoms with Gasteiger partial charge in [0.25, 0.3) is 0 Å². The van der Waals surface area contributed by atoms with E-state index in [1.54, 1.807) is 13.0 Å². The summed E-state index contributed by atoms with van der Waals surface area (Å²) in [6.45, 7) is 0.795. The van der Waals surface area contributed by atoms with Gasteiger partial charge < -0.3 is 21.1 Å². The van der Waals surface area contributed by atoms with E-state index in [0.29, 0.717) is 0 Å². The van der Waals surface area contributed by atoms with Gasteiger partial charge in [0.2, 0.25) is 5.91 Å². The van der Waals surface area contributed by atoms with Gasteiger partial charge in [-0.15, -0.1) is 0 Å². The second-order valence-corrected chi connectivity index (χ2v) is 3.96. The number of nitrogens with one attached hydrogen (secondary N) is 3. The Morgan fingerprint density at radius 2 is 1.90 bits per heavy atom. The molecule has 7 nitrogen and oxygen atoms in total. The molecular weight excluding hydrogens is 269 g/mol. The molecule has 1 rings (SSSR count). The average Bonchev–Trinajstić information content (AvgIpc) is 2.38. The van der Waals surface area contributed by atoms with E-state index in [1.165, 1.54) is 12.1 Å². The van der Waals surface area contributed by atoms with Crippen LogP contribution in [0.4, 0.5) is 14.9 Å². The molecule has 0 aromatic heterocycles. The Bertz CT molecular complexity index is 533. The van der Waals surface area contributed by atoms with E-state index in [1.807, 2.05) is 0 Å². The number of aliphatic carboxylic acids is 1. The molecule has 8 heteroatoms. The Labute approximate surface area is 114 Å². The van der Waals surface area contributed by atoms with Crippen LogP contribution in [0.3, 0.4) is 0 Å². The van der Waals surface area contributed by atoms with Crippen LogP contribution in [0, 0.1) is 12.7 Å². The predicted octanol–water partition coefficient (Wildman–Crippen LogP) is 0.456. The highest BCUT2D eigenvalue weighted by atomic mass is 19.1. The summed E-state index contributed by atoms with van der Waals surface area (Å²) >= 11 is 0. The third-order valence-corrected chi connectivity index (χ3v) is 2.22. The quantitative estimate of drug-likeness (QED) is 0.629. The summed E-state index contributed by atoms with van der Waals surface area (Å²) in [6, 6.07) is 3.45. The van der Waals surface area contributed by atoms with Crippen LogP contribution >= 0.6 is 0 Å². The minimum absolute atomic E-state index is 0.00607. The summed E-state index contributed by atoms with van der Waals surface area (Å²) in [7, 11) is 0. The summed E-state index contributed by atoms with van der Waals surface area (Å²) in [5, 5.41) is 14.8. The lowest BCUT2D eigenvalue weighted by Crippen LogP contribution is -2.40. The van der Waals surface area contributed by atoms with Gasteiger partial charge in [-0.2, -0.15) is 0 Å². The first-order valence-corrected chi connectivity index (χ1v) is 5.68. The number of amides is 3. The van der Waals surface area contributed by atoms with Crippen molar-refractivity contribution in [2.24, 2.45) is 0 Å². The number of benzene rings is 1. The number of halogens is 1. The standard InChI is InChI=1S/C12H14FN3O4/c1-7-2-3-8(13)9(4-7)16-12(20)15-5-10(17)14-6-11(18)19/h2-4H,5-6H2,1H3,(H,14,17)(H,18,19)(H2,15,16,20). The third kappa shape index (κ3) is 5.34. The van der Waals surface area contributed by atoms with Crippen molar-refractivity contribution in [2.75, 3.05) is 18.4 Å². The number of aryl methyl sites for hydroxylation is 1. The fourth-order valence-electron chi connectivity index (χ4n) is 1.30. The van der Waals surface area contributed by atoms with E-state index in [4.69, 9.17) is 5.11 Å². The number of carboxylic acids is 1. The molecule has 0 bridgehead atoms. The fourth-order valence-corrected chi connectivity index (χ4v) is 1.30. The zero-order valence-corrected chi connectivity index (χ0v) is 10.7. The molecule has 0 atom stereocenters. The number of carbonyl (C=O) groups excluding carboxylic acids is 2. The first-order chi connectivity index (χ1) is 9.38. The second kappa shape index (κ2) is 7.07. The van der Waals surface area contributed by atoms with Crippen LogP contribution in [-0.2, 0) is 9.59 Å². The highest BCUT2D eigenvalue weighted by Crippen LogP contribution is 2.15. The van der Waals surface area contributed by atoms with Gasteiger partial charge in [0.15, 0.2) is 0 Å². The Balaban J connectivity index is 2.42. The predicted molar refractivity (Wildman–Crippen MR) is 68.8 cm³/mol. The lowest BCUT2D eigenvalue weighted by Gasteiger charge is -2.09. The highest BCUT2D eigenvalue weighted by Gasteiger charge is 2.09. The summed E-state index contributed by atoms with van der Waals surface area (Å²) in [6.07, 6.45) is 0. The molecule has 0 aliphatic heterocycles. The Hall–Kier alpha value is -2.64. The largest absolute Gasteiger partial charge is 0.480 e. The van der Waals surface area contributed by atoms with Crippen LogP contribution in [0.5, 0.6) is 0 Å². The molecule has 0 unspecified atom stereocenters. The summed E-state index contributed by atoms with van der Waals surface area (Å²) in [4.78, 5) is 32.8. The van der Waals surface area contributed by atoms with Gasteiger partial charge in [0, 0.05) is 0 Å². The van der Waals surface area contributed by atoms with Crippen LogP contribution in [0.1, 0.15) is 5.56 Å². The van der Waals surface area contributed by atoms with Crippen LogP contribution in [0.25, 0.3) is 0 Å². The van der Waals surface area contributed by atoms with Crippen LogP contribution < -0.4 is 16.0 Å². The molecule has 1 aromatic rings. The molecule has 20 heavy (non-hydrogen) atoms. The van der Waals surface area contributed by atoms with Gasteiger partial charge >= 0.3 is 12.0 Å². The Morgan fingerprint density at radius 3 is 2.55 bits per heavy atom. The van der Waals surface area contributed by atoms with Crippen molar-refractivity contribution in [3.8, 4) is 0 Å². The van der Waals surface area contributed by atoms with E-state index >= 15 is 0 Å². The van der Waals surface area contributed by atoms with Crippen LogP contribution in [-0.4, -0.2) is 36.1 Å². The molecule has 1 aromatic carbocycles. The SMILES string of the molecule is Cc1ccc(F)c(NC(=O)NCC(=O)NCC(=O)O)c1. The zero-order chi connectivity index (χ0) is 15.1. The summed E-state index contributed by atoms with van der Waals surface area (Å²) in [5.74, 6) is -2.45. The fraction of sp³-hybridized carbons (Fsp3) is 0.250. The van der Waals surface area contributed by atoms with Gasteiger partial charge in [-0.3, -0.25) is 9.59 Å². The molecule has 0 aliphatic rings. The number of anilines is 1. The second-order valence-electron chi connectivity index (χ2n) is 3.96. The number of carboxylic acid groups (broad SMARTS) is 1. The van der Waals surface area contributed by atoms with Crippen molar-refractivity contribution in [1.29, 1.82) is 0 Å². The van der Waals surface area contributed by atoms with E-state index < -0.39 is 36.8 Å². The maximum atomic E-state index is 13.4. The maximum absolute atomic E-state index is 13.4. The minimum atomic E-state index is -1.19. The minimum Gasteiger partial charge on any atom is -0.480 e. The normalized spacial score (nSPS) is 9.70. The van der Waals surface area contributed by atoms with E-state index in [9.17, 15) is 18.8 Å². The third-order valence-electron chi connectivity index (χ3n) is 2.22. The lowest BCUT2D eigenvalue weighted by molar-refractivity contribution is -0.137. The first kappa shape index (κ1) is 15.4. The van der Waals surface area contributed by atoms with Gasteiger partial charge in [0.1, 0.15) is 12.4 Å². The molecule has 0 heterocycles. The Morgan fingerprint density at radius 1 is 1.20 bits per heavy atom. The molecule has 0 radical (unpaired) electrons. The number of carbonyl (C=O) groups is 3. The highest BCUT2D eigenvalue weighted by molar-refractivity contribution is 5.92. The van der Waals surface area contributed by atoms with Gasteiger partial charge in [-0.05, 0) is 24.6 Å². The molecule has 108 valence electrons. The zero-order valence-electron chi connectivity index (χ0n) is 10.7. The number of hydrogen-bond acceptors (Lipinski definition) is 3. The van der Waals surface area contributed by atoms with Crippen molar-refractivity contribution in [3.63, 3.8) is 0 Å². The lowest BCUT2D eigenvalue weighted by atomic mass is 10.2. The molecule has 4 N–H and O–H groups in total. The van der Waals surface area contributed by atoms with Gasteiger partial charge in [-0.1, -0.05) is 6.07 Å². The van der Waals surface area contributed by atoms with E-state index in [2.05, 4.69) is 16.0 Å². The van der Waals surface area contributed by atoms with E-state index in [0.717, 1.165) is 5.56 Å². The molecular formula is C12H14FN3O4. The monoisotopic (exact) mass is 283 g/mol. The van der Waals surface area contributed by atoms with Crippen molar-refractivity contribution < 1.29 is 23.9 Å². The molecule has 0 saturated carbocycles. The average molecular weight is 283 g/mol. The topological polar surface area (TPSA) is 108 Å². The molecule has 0 aliphatic carbocycles. The van der Waals surface area contributed by atoms with Crippen molar-refractivity contribution >= 4 is 23.6 Å². The van der Waals surface area contributed by atoms with Crippen LogP contribution in [0.15, 0.2) is 18.2 Å². The molecule has 0 saturated heterocycles. The number of rotatable bonds is 5. The first-order valence-electron chi connectivity index (χ1n) is 5.68. The summed E-state index contributed by atoms with van der Waals surface area (Å²) in [5.41, 5.74) is 0.759. The van der Waals surface area contributed by atoms with Crippen molar-refractivity contribution in [1.82, 2.24) is 10.6 Å². The van der Waals surface area contributed by atoms with Gasteiger partial charge in [0.05, 0.1) is 12.2 Å². The molecule has 0 fully saturated rings.